The Kier molecular flexibility index (Phi) is 8.32. The Morgan fingerprint density at radius 1 is 1.28 bits per heavy atom. The van der Waals surface area contributed by atoms with Crippen molar-refractivity contribution in [2.45, 2.75) is 26.1 Å². The molecule has 0 aliphatic carbocycles. The van der Waals surface area contributed by atoms with E-state index in [1.165, 1.54) is 13.2 Å². The van der Waals surface area contributed by atoms with E-state index in [4.69, 9.17) is 9.47 Å². The molecule has 10 heteroatoms. The van der Waals surface area contributed by atoms with Crippen molar-refractivity contribution in [1.29, 1.82) is 0 Å². The normalized spacial score (nSPS) is 12.1. The number of halogens is 3. The first kappa shape index (κ1) is 22.5. The number of rotatable bonds is 9. The molecule has 0 aliphatic rings. The topological polar surface area (TPSA) is 72.7 Å². The summed E-state index contributed by atoms with van der Waals surface area (Å²) in [4.78, 5) is 4.27. The van der Waals surface area contributed by atoms with Gasteiger partial charge < -0.3 is 20.1 Å². The summed E-state index contributed by atoms with van der Waals surface area (Å²) >= 11 is 0. The van der Waals surface area contributed by atoms with Gasteiger partial charge in [0.1, 0.15) is 5.75 Å². The van der Waals surface area contributed by atoms with Gasteiger partial charge in [0.05, 0.1) is 13.2 Å². The number of hydrogen-bond donors (Lipinski definition) is 2. The third-order valence-corrected chi connectivity index (χ3v) is 3.78. The Morgan fingerprint density at radius 2 is 2.07 bits per heavy atom. The molecular formula is C19H26F3N5O2. The number of hydrogen-bond acceptors (Lipinski definition) is 4. The molecule has 2 N–H and O–H groups in total. The molecule has 2 aromatic rings. The van der Waals surface area contributed by atoms with E-state index >= 15 is 0 Å². The molecule has 0 unspecified atom stereocenters. The van der Waals surface area contributed by atoms with Crippen LogP contribution in [0.4, 0.5) is 18.9 Å². The van der Waals surface area contributed by atoms with Gasteiger partial charge in [-0.25, -0.2) is 4.99 Å². The smallest absolute Gasteiger partial charge is 0.435 e. The van der Waals surface area contributed by atoms with Gasteiger partial charge in [-0.3, -0.25) is 4.68 Å². The van der Waals surface area contributed by atoms with E-state index in [-0.39, 0.29) is 12.1 Å². The molecule has 0 amide bonds. The van der Waals surface area contributed by atoms with E-state index in [1.54, 1.807) is 13.2 Å². The number of methoxy groups -OCH3 is 1. The van der Waals surface area contributed by atoms with Crippen molar-refractivity contribution in [3.63, 3.8) is 0 Å². The van der Waals surface area contributed by atoms with E-state index < -0.39 is 11.9 Å². The molecule has 0 bridgehead atoms. The van der Waals surface area contributed by atoms with Crippen molar-refractivity contribution in [2.75, 3.05) is 32.2 Å². The third kappa shape index (κ3) is 7.30. The minimum absolute atomic E-state index is 0.00688. The van der Waals surface area contributed by atoms with Gasteiger partial charge in [0.2, 0.25) is 0 Å². The Morgan fingerprint density at radius 3 is 2.76 bits per heavy atom. The largest absolute Gasteiger partial charge is 0.493 e. The lowest BCUT2D eigenvalue weighted by molar-refractivity contribution is -0.142. The zero-order valence-electron chi connectivity index (χ0n) is 16.7. The second-order valence-corrected chi connectivity index (χ2v) is 6.22. The third-order valence-electron chi connectivity index (χ3n) is 3.78. The summed E-state index contributed by atoms with van der Waals surface area (Å²) in [6.07, 6.45) is -2.43. The maximum Gasteiger partial charge on any atom is 0.435 e. The summed E-state index contributed by atoms with van der Waals surface area (Å²) < 4.78 is 51.1. The lowest BCUT2D eigenvalue weighted by Crippen LogP contribution is -2.30. The lowest BCUT2D eigenvalue weighted by Gasteiger charge is -2.13. The van der Waals surface area contributed by atoms with E-state index in [0.717, 1.165) is 11.1 Å². The number of guanidine groups is 1. The van der Waals surface area contributed by atoms with Gasteiger partial charge in [0.25, 0.3) is 0 Å². The Hall–Kier alpha value is -2.75. The Balaban J connectivity index is 2.09. The van der Waals surface area contributed by atoms with Crippen LogP contribution in [0.15, 0.2) is 35.5 Å². The van der Waals surface area contributed by atoms with Crippen LogP contribution in [-0.4, -0.2) is 42.6 Å². The van der Waals surface area contributed by atoms with E-state index in [1.807, 2.05) is 25.1 Å². The van der Waals surface area contributed by atoms with Gasteiger partial charge in [-0.1, -0.05) is 6.07 Å². The van der Waals surface area contributed by atoms with E-state index in [0.29, 0.717) is 37.2 Å². The number of aryl methyl sites for hydroxylation is 1. The number of nitrogens with zero attached hydrogens (tertiary/aromatic N) is 3. The minimum Gasteiger partial charge on any atom is -0.493 e. The molecule has 0 radical (unpaired) electrons. The highest BCUT2D eigenvalue weighted by atomic mass is 19.4. The average Bonchev–Trinajstić information content (AvgIpc) is 3.05. The zero-order chi connectivity index (χ0) is 21.3. The number of aromatic nitrogens is 2. The average molecular weight is 413 g/mol. The van der Waals surface area contributed by atoms with Crippen molar-refractivity contribution >= 4 is 11.6 Å². The van der Waals surface area contributed by atoms with E-state index in [9.17, 15) is 13.2 Å². The Labute approximate surface area is 167 Å². The summed E-state index contributed by atoms with van der Waals surface area (Å²) in [5.74, 6) is 1.04. The van der Waals surface area contributed by atoms with Gasteiger partial charge in [-0.2, -0.15) is 18.3 Å². The highest BCUT2D eigenvalue weighted by Crippen LogP contribution is 2.30. The van der Waals surface area contributed by atoms with Crippen LogP contribution >= 0.6 is 0 Å². The molecule has 1 aromatic carbocycles. The number of alkyl halides is 3. The molecule has 0 aliphatic heterocycles. The predicted octanol–water partition coefficient (Wildman–Crippen LogP) is 3.43. The Bertz CT molecular complexity index is 805. The number of ether oxygens (including phenoxy) is 2. The van der Waals surface area contributed by atoms with Crippen molar-refractivity contribution < 1.29 is 22.6 Å². The summed E-state index contributed by atoms with van der Waals surface area (Å²) in [6, 6.07) is 7.26. The van der Waals surface area contributed by atoms with Crippen LogP contribution in [-0.2, 0) is 24.5 Å². The number of anilines is 1. The van der Waals surface area contributed by atoms with Crippen molar-refractivity contribution in [2.24, 2.45) is 12.0 Å². The molecule has 1 heterocycles. The fraction of sp³-hybridized carbons (Fsp3) is 0.474. The van der Waals surface area contributed by atoms with Gasteiger partial charge in [0, 0.05) is 57.2 Å². The van der Waals surface area contributed by atoms with Gasteiger partial charge in [0.15, 0.2) is 11.7 Å². The van der Waals surface area contributed by atoms with Crippen LogP contribution in [0.1, 0.15) is 24.6 Å². The molecule has 29 heavy (non-hydrogen) atoms. The summed E-state index contributed by atoms with van der Waals surface area (Å²) in [6.45, 7) is 3.40. The quantitative estimate of drug-likeness (QED) is 0.374. The zero-order valence-corrected chi connectivity index (χ0v) is 16.7. The molecule has 1 aromatic heterocycles. The number of benzene rings is 1. The standard InChI is InChI=1S/C19H26F3N5O2/c1-4-23-18(24-12-14-13-27(2)26-17(14)19(20,21)22)25-15-7-5-8-16(11-15)29-10-6-9-28-3/h5,7-8,11,13H,4,6,9-10,12H2,1-3H3,(H2,23,24,25). The number of nitrogens with one attached hydrogen (secondary N) is 2. The van der Waals surface area contributed by atoms with Crippen molar-refractivity contribution in [3.05, 3.63) is 41.7 Å². The summed E-state index contributed by atoms with van der Waals surface area (Å²) in [5, 5.41) is 9.60. The van der Waals surface area contributed by atoms with Crippen LogP contribution < -0.4 is 15.4 Å². The molecular weight excluding hydrogens is 387 g/mol. The first-order chi connectivity index (χ1) is 13.8. The fourth-order valence-corrected chi connectivity index (χ4v) is 2.56. The molecule has 7 nitrogen and oxygen atoms in total. The highest BCUT2D eigenvalue weighted by molar-refractivity contribution is 5.93. The molecule has 0 saturated heterocycles. The molecule has 0 saturated carbocycles. The second-order valence-electron chi connectivity index (χ2n) is 6.22. The molecule has 2 rings (SSSR count). The fourth-order valence-electron chi connectivity index (χ4n) is 2.56. The predicted molar refractivity (Wildman–Crippen MR) is 105 cm³/mol. The van der Waals surface area contributed by atoms with E-state index in [2.05, 4.69) is 20.7 Å². The SMILES string of the molecule is CCNC(=NCc1cn(C)nc1C(F)(F)F)Nc1cccc(OCCCOC)c1. The molecule has 0 atom stereocenters. The molecule has 0 fully saturated rings. The summed E-state index contributed by atoms with van der Waals surface area (Å²) in [5.41, 5.74) is -0.213. The maximum absolute atomic E-state index is 13.1. The van der Waals surface area contributed by atoms with Crippen molar-refractivity contribution in [3.8, 4) is 5.75 Å². The number of aliphatic imine (C=N–C) groups is 1. The highest BCUT2D eigenvalue weighted by Gasteiger charge is 2.36. The first-order valence-corrected chi connectivity index (χ1v) is 9.20. The van der Waals surface area contributed by atoms with Crippen LogP contribution in [0, 0.1) is 0 Å². The second kappa shape index (κ2) is 10.7. The summed E-state index contributed by atoms with van der Waals surface area (Å²) in [7, 11) is 3.08. The van der Waals surface area contributed by atoms with Gasteiger partial charge in [-0.15, -0.1) is 0 Å². The van der Waals surface area contributed by atoms with Crippen LogP contribution in [0.2, 0.25) is 0 Å². The van der Waals surface area contributed by atoms with Crippen molar-refractivity contribution in [1.82, 2.24) is 15.1 Å². The molecule has 160 valence electrons. The minimum atomic E-state index is -4.52. The van der Waals surface area contributed by atoms with Gasteiger partial charge >= 0.3 is 6.18 Å². The lowest BCUT2D eigenvalue weighted by atomic mass is 10.2. The first-order valence-electron chi connectivity index (χ1n) is 9.20. The van der Waals surface area contributed by atoms with Gasteiger partial charge in [-0.05, 0) is 19.1 Å². The van der Waals surface area contributed by atoms with Crippen LogP contribution in [0.25, 0.3) is 0 Å². The van der Waals surface area contributed by atoms with Crippen LogP contribution in [0.5, 0.6) is 5.75 Å². The maximum atomic E-state index is 13.1. The van der Waals surface area contributed by atoms with Crippen LogP contribution in [0.3, 0.4) is 0 Å². The molecule has 0 spiro atoms. The monoisotopic (exact) mass is 413 g/mol.